The van der Waals surface area contributed by atoms with E-state index < -0.39 is 5.97 Å². The smallest absolute Gasteiger partial charge is 0.303 e. The van der Waals surface area contributed by atoms with Gasteiger partial charge in [0.25, 0.3) is 0 Å². The van der Waals surface area contributed by atoms with Gasteiger partial charge < -0.3 is 14.6 Å². The molecule has 0 saturated heterocycles. The van der Waals surface area contributed by atoms with Crippen LogP contribution in [0.15, 0.2) is 18.2 Å². The van der Waals surface area contributed by atoms with Crippen LogP contribution in [0.5, 0.6) is 11.5 Å². The Morgan fingerprint density at radius 1 is 1.28 bits per heavy atom. The van der Waals surface area contributed by atoms with Crippen LogP contribution in [0.3, 0.4) is 0 Å². The lowest BCUT2D eigenvalue weighted by molar-refractivity contribution is -0.139. The number of benzene rings is 1. The lowest BCUT2D eigenvalue weighted by atomic mass is 9.82. The fourth-order valence-electron chi connectivity index (χ4n) is 2.01. The first kappa shape index (κ1) is 14.4. The van der Waals surface area contributed by atoms with Crippen LogP contribution in [-0.2, 0) is 11.2 Å². The van der Waals surface area contributed by atoms with Gasteiger partial charge in [0.2, 0.25) is 0 Å². The molecular formula is C14H20O4. The molecule has 0 heterocycles. The van der Waals surface area contributed by atoms with Gasteiger partial charge in [-0.25, -0.2) is 0 Å². The first-order chi connectivity index (χ1) is 8.38. The average molecular weight is 252 g/mol. The van der Waals surface area contributed by atoms with Gasteiger partial charge in [-0.2, -0.15) is 0 Å². The topological polar surface area (TPSA) is 55.8 Å². The van der Waals surface area contributed by atoms with E-state index in [-0.39, 0.29) is 11.8 Å². The van der Waals surface area contributed by atoms with Gasteiger partial charge in [-0.3, -0.25) is 4.79 Å². The lowest BCUT2D eigenvalue weighted by Crippen LogP contribution is -2.20. The summed E-state index contributed by atoms with van der Waals surface area (Å²) in [5, 5.41) is 8.90. The largest absolute Gasteiger partial charge is 0.497 e. The maximum Gasteiger partial charge on any atom is 0.303 e. The van der Waals surface area contributed by atoms with Gasteiger partial charge in [-0.05, 0) is 35.6 Å². The summed E-state index contributed by atoms with van der Waals surface area (Å²) in [5.41, 5.74) is 0.633. The third-order valence-electron chi connectivity index (χ3n) is 2.79. The van der Waals surface area contributed by atoms with E-state index in [1.165, 1.54) is 0 Å². The highest BCUT2D eigenvalue weighted by atomic mass is 16.5. The van der Waals surface area contributed by atoms with Crippen LogP contribution in [0.25, 0.3) is 0 Å². The molecule has 1 aromatic carbocycles. The predicted molar refractivity (Wildman–Crippen MR) is 69.3 cm³/mol. The molecule has 4 heteroatoms. The summed E-state index contributed by atoms with van der Waals surface area (Å²) in [6.07, 6.45) is 0.743. The van der Waals surface area contributed by atoms with E-state index in [1.807, 2.05) is 32.0 Å². The SMILES string of the molecule is COc1ccc(OC)c(CC(C)(C)CC(=O)O)c1. The van der Waals surface area contributed by atoms with Crippen molar-refractivity contribution in [1.29, 1.82) is 0 Å². The standard InChI is InChI=1S/C14H20O4/c1-14(2,9-13(15)16)8-10-7-11(17-3)5-6-12(10)18-4/h5-7H,8-9H2,1-4H3,(H,15,16). The molecule has 0 fully saturated rings. The van der Waals surface area contributed by atoms with Crippen molar-refractivity contribution in [3.8, 4) is 11.5 Å². The van der Waals surface area contributed by atoms with Crippen LogP contribution in [0.2, 0.25) is 0 Å². The van der Waals surface area contributed by atoms with Crippen molar-refractivity contribution in [2.75, 3.05) is 14.2 Å². The number of carboxylic acid groups (broad SMARTS) is 1. The van der Waals surface area contributed by atoms with Gasteiger partial charge in [0, 0.05) is 0 Å². The van der Waals surface area contributed by atoms with E-state index in [0.29, 0.717) is 6.42 Å². The second-order valence-electron chi connectivity index (χ2n) is 5.09. The highest BCUT2D eigenvalue weighted by molar-refractivity contribution is 5.67. The van der Waals surface area contributed by atoms with Crippen LogP contribution in [0, 0.1) is 5.41 Å². The van der Waals surface area contributed by atoms with Gasteiger partial charge in [0.1, 0.15) is 11.5 Å². The van der Waals surface area contributed by atoms with Crippen LogP contribution in [-0.4, -0.2) is 25.3 Å². The Morgan fingerprint density at radius 3 is 2.44 bits per heavy atom. The summed E-state index contributed by atoms with van der Waals surface area (Å²) in [4.78, 5) is 10.8. The van der Waals surface area contributed by atoms with Gasteiger partial charge >= 0.3 is 5.97 Å². The maximum atomic E-state index is 10.8. The van der Waals surface area contributed by atoms with E-state index in [0.717, 1.165) is 17.1 Å². The van der Waals surface area contributed by atoms with Crippen molar-refractivity contribution in [2.45, 2.75) is 26.7 Å². The Morgan fingerprint density at radius 2 is 1.94 bits per heavy atom. The Bertz CT molecular complexity index is 424. The van der Waals surface area contributed by atoms with Gasteiger partial charge in [-0.1, -0.05) is 13.8 Å². The minimum Gasteiger partial charge on any atom is -0.497 e. The zero-order valence-corrected chi connectivity index (χ0v) is 11.3. The van der Waals surface area contributed by atoms with Crippen molar-refractivity contribution in [3.05, 3.63) is 23.8 Å². The second kappa shape index (κ2) is 5.76. The van der Waals surface area contributed by atoms with Crippen LogP contribution < -0.4 is 9.47 Å². The van der Waals surface area contributed by atoms with E-state index >= 15 is 0 Å². The maximum absolute atomic E-state index is 10.8. The number of hydrogen-bond donors (Lipinski definition) is 1. The van der Waals surface area contributed by atoms with Crippen LogP contribution in [0.4, 0.5) is 0 Å². The number of carboxylic acids is 1. The predicted octanol–water partition coefficient (Wildman–Crippen LogP) is 2.75. The van der Waals surface area contributed by atoms with E-state index in [2.05, 4.69) is 0 Å². The fourth-order valence-corrected chi connectivity index (χ4v) is 2.01. The Labute approximate surface area is 108 Å². The zero-order valence-electron chi connectivity index (χ0n) is 11.3. The number of ether oxygens (including phenoxy) is 2. The molecule has 0 atom stereocenters. The molecule has 1 aromatic rings. The molecule has 0 radical (unpaired) electrons. The summed E-state index contributed by atoms with van der Waals surface area (Å²) in [6, 6.07) is 5.56. The molecule has 4 nitrogen and oxygen atoms in total. The minimum atomic E-state index is -0.790. The number of aliphatic carboxylic acids is 1. The first-order valence-corrected chi connectivity index (χ1v) is 5.80. The highest BCUT2D eigenvalue weighted by Gasteiger charge is 2.24. The van der Waals surface area contributed by atoms with Crippen molar-refractivity contribution in [2.24, 2.45) is 5.41 Å². The Balaban J connectivity index is 2.97. The van der Waals surface area contributed by atoms with Crippen molar-refractivity contribution < 1.29 is 19.4 Å². The molecule has 0 unspecified atom stereocenters. The number of rotatable bonds is 6. The third kappa shape index (κ3) is 3.95. The first-order valence-electron chi connectivity index (χ1n) is 5.80. The molecule has 18 heavy (non-hydrogen) atoms. The molecule has 0 saturated carbocycles. The molecule has 1 N–H and O–H groups in total. The molecule has 0 aromatic heterocycles. The zero-order chi connectivity index (χ0) is 13.8. The highest BCUT2D eigenvalue weighted by Crippen LogP contribution is 2.32. The summed E-state index contributed by atoms with van der Waals surface area (Å²) in [5.74, 6) is 0.716. The summed E-state index contributed by atoms with van der Waals surface area (Å²) >= 11 is 0. The van der Waals surface area contributed by atoms with Crippen molar-refractivity contribution in [1.82, 2.24) is 0 Å². The lowest BCUT2D eigenvalue weighted by Gasteiger charge is -2.23. The summed E-state index contributed by atoms with van der Waals surface area (Å²) in [7, 11) is 3.21. The van der Waals surface area contributed by atoms with Crippen LogP contribution in [0.1, 0.15) is 25.8 Å². The van der Waals surface area contributed by atoms with Gasteiger partial charge in [0.05, 0.1) is 20.6 Å². The Hall–Kier alpha value is -1.71. The summed E-state index contributed by atoms with van der Waals surface area (Å²) in [6.45, 7) is 3.86. The molecule has 0 aliphatic heterocycles. The van der Waals surface area contributed by atoms with Crippen molar-refractivity contribution in [3.63, 3.8) is 0 Å². The normalized spacial score (nSPS) is 11.1. The van der Waals surface area contributed by atoms with E-state index in [9.17, 15) is 4.79 Å². The molecule has 100 valence electrons. The van der Waals surface area contributed by atoms with E-state index in [1.54, 1.807) is 14.2 Å². The molecule has 0 amide bonds. The Kier molecular flexibility index (Phi) is 4.59. The number of methoxy groups -OCH3 is 2. The summed E-state index contributed by atoms with van der Waals surface area (Å²) < 4.78 is 10.5. The third-order valence-corrected chi connectivity index (χ3v) is 2.79. The monoisotopic (exact) mass is 252 g/mol. The van der Waals surface area contributed by atoms with E-state index in [4.69, 9.17) is 14.6 Å². The second-order valence-corrected chi connectivity index (χ2v) is 5.09. The fraction of sp³-hybridized carbons (Fsp3) is 0.500. The number of hydrogen-bond acceptors (Lipinski definition) is 3. The van der Waals surface area contributed by atoms with Crippen LogP contribution >= 0.6 is 0 Å². The molecule has 1 rings (SSSR count). The quantitative estimate of drug-likeness (QED) is 0.845. The van der Waals surface area contributed by atoms with Crippen molar-refractivity contribution >= 4 is 5.97 Å². The minimum absolute atomic E-state index is 0.118. The molecule has 0 spiro atoms. The number of carbonyl (C=O) groups is 1. The molecule has 0 bridgehead atoms. The molecule has 0 aliphatic carbocycles. The molecular weight excluding hydrogens is 232 g/mol. The average Bonchev–Trinajstić information content (AvgIpc) is 2.26. The van der Waals surface area contributed by atoms with Gasteiger partial charge in [-0.15, -0.1) is 0 Å². The molecule has 0 aliphatic rings. The van der Waals surface area contributed by atoms with Gasteiger partial charge in [0.15, 0.2) is 0 Å².